The number of amides is 1. The van der Waals surface area contributed by atoms with Crippen LogP contribution in [0.3, 0.4) is 0 Å². The Hall–Kier alpha value is -1.13. The van der Waals surface area contributed by atoms with Crippen LogP contribution < -0.4 is 5.32 Å². The summed E-state index contributed by atoms with van der Waals surface area (Å²) in [6.07, 6.45) is 0.840. The summed E-state index contributed by atoms with van der Waals surface area (Å²) in [6, 6.07) is 13.8. The minimum Gasteiger partial charge on any atom is -0.352 e. The molecule has 0 spiro atoms. The average Bonchev–Trinajstić information content (AvgIpc) is 2.40. The van der Waals surface area contributed by atoms with E-state index in [1.54, 1.807) is 6.07 Å². The summed E-state index contributed by atoms with van der Waals surface area (Å²) in [6.45, 7) is 2.72. The van der Waals surface area contributed by atoms with E-state index in [4.69, 9.17) is 0 Å². The largest absolute Gasteiger partial charge is 0.352 e. The fourth-order valence-electron chi connectivity index (χ4n) is 1.97. The van der Waals surface area contributed by atoms with Crippen molar-refractivity contribution in [1.82, 2.24) is 5.32 Å². The van der Waals surface area contributed by atoms with Crippen molar-refractivity contribution in [3.8, 4) is 0 Å². The summed E-state index contributed by atoms with van der Waals surface area (Å²) in [5.74, 6) is -0.0574. The molecule has 0 aromatic heterocycles. The molecule has 20 heavy (non-hydrogen) atoms. The Morgan fingerprint density at radius 2 is 1.90 bits per heavy atom. The summed E-state index contributed by atoms with van der Waals surface area (Å²) in [5, 5.41) is 2.95. The Morgan fingerprint density at radius 3 is 2.60 bits per heavy atom. The van der Waals surface area contributed by atoms with E-state index in [0.717, 1.165) is 15.4 Å². The van der Waals surface area contributed by atoms with Crippen LogP contribution in [0.2, 0.25) is 0 Å². The average molecular weight is 397 g/mol. The minimum absolute atomic E-state index is 0.0574. The van der Waals surface area contributed by atoms with Crippen molar-refractivity contribution in [2.24, 2.45) is 0 Å². The van der Waals surface area contributed by atoms with E-state index >= 15 is 0 Å². The SMILES string of the molecule is Cc1ccccc1CCNC(=O)c1ccc(Br)cc1Br. The lowest BCUT2D eigenvalue weighted by molar-refractivity contribution is 0.0953. The highest BCUT2D eigenvalue weighted by Gasteiger charge is 2.09. The molecule has 0 heterocycles. The van der Waals surface area contributed by atoms with E-state index in [1.807, 2.05) is 24.3 Å². The molecular weight excluding hydrogens is 382 g/mol. The number of carbonyl (C=O) groups excluding carboxylic acids is 1. The lowest BCUT2D eigenvalue weighted by atomic mass is 10.1. The van der Waals surface area contributed by atoms with Crippen LogP contribution in [0, 0.1) is 6.92 Å². The molecule has 1 amide bonds. The van der Waals surface area contributed by atoms with Crippen molar-refractivity contribution in [3.63, 3.8) is 0 Å². The molecule has 0 aliphatic rings. The number of rotatable bonds is 4. The third kappa shape index (κ3) is 3.93. The van der Waals surface area contributed by atoms with Gasteiger partial charge in [0.25, 0.3) is 5.91 Å². The van der Waals surface area contributed by atoms with Gasteiger partial charge in [-0.05, 0) is 58.6 Å². The van der Waals surface area contributed by atoms with Crippen molar-refractivity contribution >= 4 is 37.8 Å². The Bertz CT molecular complexity index is 626. The van der Waals surface area contributed by atoms with Crippen LogP contribution in [-0.4, -0.2) is 12.5 Å². The fourth-order valence-corrected chi connectivity index (χ4v) is 3.20. The van der Waals surface area contributed by atoms with Gasteiger partial charge in [0.1, 0.15) is 0 Å². The van der Waals surface area contributed by atoms with Crippen LogP contribution in [0.25, 0.3) is 0 Å². The van der Waals surface area contributed by atoms with Crippen LogP contribution in [0.15, 0.2) is 51.4 Å². The van der Waals surface area contributed by atoms with E-state index < -0.39 is 0 Å². The highest BCUT2D eigenvalue weighted by Crippen LogP contribution is 2.21. The maximum absolute atomic E-state index is 12.1. The van der Waals surface area contributed by atoms with Crippen LogP contribution in [-0.2, 0) is 6.42 Å². The van der Waals surface area contributed by atoms with Crippen LogP contribution in [0.5, 0.6) is 0 Å². The van der Waals surface area contributed by atoms with E-state index in [9.17, 15) is 4.79 Å². The molecule has 4 heteroatoms. The van der Waals surface area contributed by atoms with E-state index in [0.29, 0.717) is 12.1 Å². The molecule has 0 atom stereocenters. The summed E-state index contributed by atoms with van der Waals surface area (Å²) < 4.78 is 1.74. The normalized spacial score (nSPS) is 10.3. The van der Waals surface area contributed by atoms with Crippen LogP contribution in [0.4, 0.5) is 0 Å². The lowest BCUT2D eigenvalue weighted by Crippen LogP contribution is -2.26. The van der Waals surface area contributed by atoms with Crippen molar-refractivity contribution in [3.05, 3.63) is 68.1 Å². The summed E-state index contributed by atoms with van der Waals surface area (Å²) >= 11 is 6.78. The van der Waals surface area contributed by atoms with Gasteiger partial charge in [0.05, 0.1) is 5.56 Å². The number of halogens is 2. The molecule has 2 aromatic rings. The Labute approximate surface area is 135 Å². The van der Waals surface area contributed by atoms with Gasteiger partial charge in [-0.1, -0.05) is 40.2 Å². The number of hydrogen-bond acceptors (Lipinski definition) is 1. The molecule has 104 valence electrons. The molecule has 0 aliphatic carbocycles. The molecule has 0 aliphatic heterocycles. The second-order valence-corrected chi connectivity index (χ2v) is 6.33. The zero-order chi connectivity index (χ0) is 14.5. The van der Waals surface area contributed by atoms with Gasteiger partial charge >= 0.3 is 0 Å². The summed E-state index contributed by atoms with van der Waals surface area (Å²) in [7, 11) is 0. The van der Waals surface area contributed by atoms with E-state index in [2.05, 4.69) is 56.2 Å². The lowest BCUT2D eigenvalue weighted by Gasteiger charge is -2.09. The van der Waals surface area contributed by atoms with Gasteiger partial charge in [-0.25, -0.2) is 0 Å². The van der Waals surface area contributed by atoms with Gasteiger partial charge in [0.15, 0.2) is 0 Å². The topological polar surface area (TPSA) is 29.1 Å². The molecule has 2 aromatic carbocycles. The number of hydrogen-bond donors (Lipinski definition) is 1. The quantitative estimate of drug-likeness (QED) is 0.810. The second kappa shape index (κ2) is 7.04. The standard InChI is InChI=1S/C16H15Br2NO/c1-11-4-2-3-5-12(11)8-9-19-16(20)14-7-6-13(17)10-15(14)18/h2-7,10H,8-9H2,1H3,(H,19,20). The van der Waals surface area contributed by atoms with Gasteiger partial charge in [-0.3, -0.25) is 4.79 Å². The van der Waals surface area contributed by atoms with E-state index in [-0.39, 0.29) is 5.91 Å². The molecule has 0 bridgehead atoms. The first-order valence-corrected chi connectivity index (χ1v) is 7.94. The number of carbonyl (C=O) groups is 1. The first-order chi connectivity index (χ1) is 9.58. The molecule has 2 nitrogen and oxygen atoms in total. The molecule has 2 rings (SSSR count). The van der Waals surface area contributed by atoms with E-state index in [1.165, 1.54) is 11.1 Å². The van der Waals surface area contributed by atoms with Crippen molar-refractivity contribution in [2.75, 3.05) is 6.54 Å². The summed E-state index contributed by atoms with van der Waals surface area (Å²) in [5.41, 5.74) is 3.17. The maximum Gasteiger partial charge on any atom is 0.252 e. The molecular formula is C16H15Br2NO. The molecule has 0 fully saturated rings. The fraction of sp³-hybridized carbons (Fsp3) is 0.188. The van der Waals surface area contributed by atoms with Gasteiger partial charge < -0.3 is 5.32 Å². The predicted octanol–water partition coefficient (Wildman–Crippen LogP) is 4.49. The van der Waals surface area contributed by atoms with Crippen LogP contribution >= 0.6 is 31.9 Å². The molecule has 1 N–H and O–H groups in total. The highest BCUT2D eigenvalue weighted by atomic mass is 79.9. The molecule has 0 unspecified atom stereocenters. The zero-order valence-electron chi connectivity index (χ0n) is 11.1. The predicted molar refractivity (Wildman–Crippen MR) is 89.1 cm³/mol. The zero-order valence-corrected chi connectivity index (χ0v) is 14.3. The number of nitrogens with one attached hydrogen (secondary N) is 1. The van der Waals surface area contributed by atoms with Gasteiger partial charge in [-0.2, -0.15) is 0 Å². The molecule has 0 saturated carbocycles. The van der Waals surface area contributed by atoms with Gasteiger partial charge in [0.2, 0.25) is 0 Å². The van der Waals surface area contributed by atoms with Crippen LogP contribution in [0.1, 0.15) is 21.5 Å². The van der Waals surface area contributed by atoms with Gasteiger partial charge in [-0.15, -0.1) is 0 Å². The first-order valence-electron chi connectivity index (χ1n) is 6.35. The van der Waals surface area contributed by atoms with Crippen molar-refractivity contribution in [2.45, 2.75) is 13.3 Å². The number of benzene rings is 2. The maximum atomic E-state index is 12.1. The highest BCUT2D eigenvalue weighted by molar-refractivity contribution is 9.11. The minimum atomic E-state index is -0.0574. The Morgan fingerprint density at radius 1 is 1.15 bits per heavy atom. The Kier molecular flexibility index (Phi) is 5.38. The van der Waals surface area contributed by atoms with Crippen molar-refractivity contribution in [1.29, 1.82) is 0 Å². The summed E-state index contributed by atoms with van der Waals surface area (Å²) in [4.78, 5) is 12.1. The molecule has 0 radical (unpaired) electrons. The van der Waals surface area contributed by atoms with Crippen molar-refractivity contribution < 1.29 is 4.79 Å². The number of aryl methyl sites for hydroxylation is 1. The second-order valence-electron chi connectivity index (χ2n) is 4.56. The monoisotopic (exact) mass is 395 g/mol. The molecule has 0 saturated heterocycles. The Balaban J connectivity index is 1.94. The van der Waals surface area contributed by atoms with Gasteiger partial charge in [0, 0.05) is 15.5 Å². The third-order valence-corrected chi connectivity index (χ3v) is 4.27. The smallest absolute Gasteiger partial charge is 0.252 e. The first kappa shape index (κ1) is 15.3. The third-order valence-electron chi connectivity index (χ3n) is 3.12.